The molecule has 0 radical (unpaired) electrons. The van der Waals surface area contributed by atoms with E-state index < -0.39 is 124 Å². The normalized spacial score (nSPS) is 25.6. The first kappa shape index (κ1) is 103. The molecule has 19 nitrogen and oxygen atoms in total. The summed E-state index contributed by atoms with van der Waals surface area (Å²) >= 11 is 0. The number of ether oxygens (including phenoxy) is 6. The Morgan fingerprint density at radius 3 is 0.991 bits per heavy atom. The maximum Gasteiger partial charge on any atom is 0.220 e. The van der Waals surface area contributed by atoms with E-state index in [-0.39, 0.29) is 18.9 Å². The van der Waals surface area contributed by atoms with E-state index in [4.69, 9.17) is 28.4 Å². The van der Waals surface area contributed by atoms with Gasteiger partial charge in [0.2, 0.25) is 5.91 Å². The van der Waals surface area contributed by atoms with Gasteiger partial charge in [0.05, 0.1) is 38.6 Å². The Kier molecular flexibility index (Phi) is 64.9. The van der Waals surface area contributed by atoms with Gasteiger partial charge in [-0.2, -0.15) is 0 Å². The van der Waals surface area contributed by atoms with E-state index in [1.807, 2.05) is 6.08 Å². The summed E-state index contributed by atoms with van der Waals surface area (Å²) in [5.41, 5.74) is 0. The molecule has 3 fully saturated rings. The van der Waals surface area contributed by atoms with Crippen LogP contribution in [0.4, 0.5) is 0 Å². The van der Waals surface area contributed by atoms with Gasteiger partial charge in [-0.3, -0.25) is 4.79 Å². The van der Waals surface area contributed by atoms with Crippen LogP contribution in [-0.2, 0) is 33.2 Å². The number of carbonyl (C=O) groups is 1. The van der Waals surface area contributed by atoms with Crippen molar-refractivity contribution in [1.29, 1.82) is 0 Å². The predicted octanol–water partition coefficient (Wildman–Crippen LogP) is 16.7. The Labute approximate surface area is 682 Å². The summed E-state index contributed by atoms with van der Waals surface area (Å²) in [4.78, 5) is 13.5. The molecule has 3 aliphatic heterocycles. The van der Waals surface area contributed by atoms with Gasteiger partial charge in [0.1, 0.15) is 73.2 Å². The van der Waals surface area contributed by atoms with Crippen molar-refractivity contribution in [3.05, 3.63) is 158 Å². The topological polar surface area (TPSA) is 307 Å². The fraction of sp³-hybridized carbons (Fsp3) is 0.713. The molecule has 17 atom stereocenters. The third-order valence-corrected chi connectivity index (χ3v) is 20.8. The molecule has 0 aromatic heterocycles. The van der Waals surface area contributed by atoms with E-state index in [0.717, 1.165) is 135 Å². The quantitative estimate of drug-likeness (QED) is 0.0199. The Hall–Kier alpha value is -4.59. The monoisotopic (exact) mass is 1590 g/mol. The molecule has 3 heterocycles. The summed E-state index contributed by atoms with van der Waals surface area (Å²) < 4.78 is 34.5. The lowest BCUT2D eigenvalue weighted by atomic mass is 9.96. The van der Waals surface area contributed by atoms with Crippen molar-refractivity contribution >= 4 is 5.91 Å². The van der Waals surface area contributed by atoms with Crippen LogP contribution in [0.1, 0.15) is 296 Å². The second-order valence-corrected chi connectivity index (χ2v) is 30.6. The summed E-state index contributed by atoms with van der Waals surface area (Å²) in [5, 5.41) is 121. The number of aliphatic hydroxyl groups excluding tert-OH is 11. The highest BCUT2D eigenvalue weighted by atomic mass is 16.8. The Bertz CT molecular complexity index is 2660. The molecule has 0 bridgehead atoms. The fourth-order valence-electron chi connectivity index (χ4n) is 13.8. The molecule has 0 aliphatic carbocycles. The largest absolute Gasteiger partial charge is 0.394 e. The van der Waals surface area contributed by atoms with Crippen LogP contribution in [0.5, 0.6) is 0 Å². The van der Waals surface area contributed by atoms with Gasteiger partial charge in [0.15, 0.2) is 18.9 Å². The van der Waals surface area contributed by atoms with Gasteiger partial charge in [0, 0.05) is 6.42 Å². The smallest absolute Gasteiger partial charge is 0.220 e. The number of hydrogen-bond acceptors (Lipinski definition) is 18. The van der Waals surface area contributed by atoms with Gasteiger partial charge in [-0.1, -0.05) is 332 Å². The van der Waals surface area contributed by atoms with E-state index in [0.29, 0.717) is 12.8 Å². The van der Waals surface area contributed by atoms with Crippen LogP contribution in [0.25, 0.3) is 0 Å². The summed E-state index contributed by atoms with van der Waals surface area (Å²) in [6.07, 6.45) is 79.5. The third-order valence-electron chi connectivity index (χ3n) is 20.8. The van der Waals surface area contributed by atoms with Gasteiger partial charge >= 0.3 is 0 Å². The van der Waals surface area contributed by atoms with Crippen molar-refractivity contribution in [3.8, 4) is 0 Å². The number of aliphatic hydroxyl groups is 11. The summed E-state index contributed by atoms with van der Waals surface area (Å²) in [6.45, 7) is 1.61. The molecule has 0 spiro atoms. The molecule has 3 saturated heterocycles. The Morgan fingerprint density at radius 2 is 0.619 bits per heavy atom. The fourth-order valence-corrected chi connectivity index (χ4v) is 13.8. The first-order valence-corrected chi connectivity index (χ1v) is 44.2. The Morgan fingerprint density at radius 1 is 0.327 bits per heavy atom. The van der Waals surface area contributed by atoms with Crippen LogP contribution in [0.15, 0.2) is 158 Å². The van der Waals surface area contributed by atoms with Crippen LogP contribution in [0.2, 0.25) is 0 Å². The minimum Gasteiger partial charge on any atom is -0.394 e. The number of allylic oxidation sites excluding steroid dienone is 25. The van der Waals surface area contributed by atoms with Crippen LogP contribution >= 0.6 is 0 Å². The van der Waals surface area contributed by atoms with E-state index >= 15 is 0 Å². The lowest BCUT2D eigenvalue weighted by Gasteiger charge is -2.48. The highest BCUT2D eigenvalue weighted by Gasteiger charge is 2.54. The second kappa shape index (κ2) is 71.5. The zero-order valence-corrected chi connectivity index (χ0v) is 69.5. The minimum atomic E-state index is -1.99. The van der Waals surface area contributed by atoms with E-state index in [1.165, 1.54) is 128 Å². The zero-order valence-electron chi connectivity index (χ0n) is 69.5. The molecule has 0 saturated carbocycles. The zero-order chi connectivity index (χ0) is 81.7. The standard InChI is InChI=1S/C94H157NO18/c1-3-5-7-9-11-13-15-17-19-21-23-25-27-29-31-32-33-34-35-36-37-38-39-40-41-42-43-44-46-48-50-52-54-56-58-60-62-64-66-68-70-72-82(100)95-77(78(99)71-69-67-65-63-61-59-57-55-53-51-49-47-45-30-28-26-24-22-20-18-16-14-12-10-8-6-4-2)76-108-92-88(106)85(103)90(80(74-97)110-92)113-94-89(107)86(104)91(81(75-98)111-94)112-93-87(105)84(102)83(101)79(73-96)109-93/h5,7,11,13,17,19,23,25,29,31,33-34,36-37,39-40,42-43,46,48,52,54,61,63,69,71,77-81,83-94,96-99,101-107H,3-4,6,8-10,12,14-16,18,20-22,24,26-28,30,32,35,38,41,44-45,47,49-51,53,55-60,62,64-68,70,72-76H2,1-2H3,(H,95,100)/b7-5-,13-11-,19-17-,25-23-,31-29-,34-33-,37-36-,40-39-,43-42-,48-46-,54-52-,63-61+,71-69+. The van der Waals surface area contributed by atoms with Crippen molar-refractivity contribution in [1.82, 2.24) is 5.32 Å². The molecular weight excluding hydrogens is 1430 g/mol. The van der Waals surface area contributed by atoms with Gasteiger partial charge in [0.25, 0.3) is 0 Å². The minimum absolute atomic E-state index is 0.213. The lowest BCUT2D eigenvalue weighted by molar-refractivity contribution is -0.379. The van der Waals surface area contributed by atoms with Crippen molar-refractivity contribution in [2.75, 3.05) is 26.4 Å². The van der Waals surface area contributed by atoms with Crippen molar-refractivity contribution in [3.63, 3.8) is 0 Å². The second-order valence-electron chi connectivity index (χ2n) is 30.6. The van der Waals surface area contributed by atoms with Gasteiger partial charge < -0.3 is 89.9 Å². The molecular formula is C94H157NO18. The summed E-state index contributed by atoms with van der Waals surface area (Å²) in [6, 6.07) is -1.01. The SMILES string of the molecule is CC/C=C\C/C=C\C/C=C\C/C=C\C/C=C\C/C=C\C/C=C\C/C=C\C/C=C\C/C=C\C/C=C\CCCCCCCCCC(=O)NC(COC1OC(CO)C(OC2OC(CO)C(OC3OC(CO)C(O)C(O)C3O)C(O)C2O)C(O)C1O)C(O)/C=C/CC/C=C/CCCCCCCCCCCCCCCCCCCCCCC. The first-order valence-electron chi connectivity index (χ1n) is 44.2. The van der Waals surface area contributed by atoms with Crippen LogP contribution in [0, 0.1) is 0 Å². The van der Waals surface area contributed by atoms with E-state index in [2.05, 4.69) is 165 Å². The number of nitrogens with one attached hydrogen (secondary N) is 1. The third kappa shape index (κ3) is 50.1. The van der Waals surface area contributed by atoms with E-state index in [1.54, 1.807) is 6.08 Å². The number of carbonyl (C=O) groups excluding carboxylic acids is 1. The van der Waals surface area contributed by atoms with E-state index in [9.17, 15) is 61.0 Å². The molecule has 3 rings (SSSR count). The maximum absolute atomic E-state index is 13.5. The van der Waals surface area contributed by atoms with Gasteiger partial charge in [-0.05, 0) is 116 Å². The molecule has 113 heavy (non-hydrogen) atoms. The predicted molar refractivity (Wildman–Crippen MR) is 456 cm³/mol. The molecule has 1 amide bonds. The van der Waals surface area contributed by atoms with Crippen LogP contribution < -0.4 is 5.32 Å². The molecule has 19 heteroatoms. The average Bonchev–Trinajstić information content (AvgIpc) is 0.777. The molecule has 0 aromatic carbocycles. The number of amides is 1. The summed E-state index contributed by atoms with van der Waals surface area (Å²) in [7, 11) is 0. The van der Waals surface area contributed by atoms with Crippen molar-refractivity contribution in [2.24, 2.45) is 0 Å². The molecule has 3 aliphatic rings. The molecule has 12 N–H and O–H groups in total. The first-order chi connectivity index (χ1) is 55.3. The van der Waals surface area contributed by atoms with Crippen molar-refractivity contribution in [2.45, 2.75) is 401 Å². The van der Waals surface area contributed by atoms with Crippen LogP contribution in [-0.4, -0.2) is 193 Å². The highest BCUT2D eigenvalue weighted by Crippen LogP contribution is 2.33. The number of unbranched alkanes of at least 4 members (excludes halogenated alkanes) is 29. The Balaban J connectivity index is 1.36. The highest BCUT2D eigenvalue weighted by molar-refractivity contribution is 5.76. The number of hydrogen-bond donors (Lipinski definition) is 12. The molecule has 646 valence electrons. The average molecular weight is 1590 g/mol. The van der Waals surface area contributed by atoms with Gasteiger partial charge in [-0.25, -0.2) is 0 Å². The lowest BCUT2D eigenvalue weighted by Crippen LogP contribution is -2.66. The van der Waals surface area contributed by atoms with Crippen molar-refractivity contribution < 1.29 is 89.4 Å². The molecule has 0 aromatic rings. The molecule has 17 unspecified atom stereocenters. The number of rotatable bonds is 69. The maximum atomic E-state index is 13.5. The van der Waals surface area contributed by atoms with Gasteiger partial charge in [-0.15, -0.1) is 0 Å². The summed E-state index contributed by atoms with van der Waals surface area (Å²) in [5.74, 6) is -0.300. The van der Waals surface area contributed by atoms with Crippen LogP contribution in [0.3, 0.4) is 0 Å².